The number of benzene rings is 2. The highest BCUT2D eigenvalue weighted by molar-refractivity contribution is 6.41. The van der Waals surface area contributed by atoms with Gasteiger partial charge in [-0.2, -0.15) is 0 Å². The van der Waals surface area contributed by atoms with E-state index in [-0.39, 0.29) is 22.8 Å². The summed E-state index contributed by atoms with van der Waals surface area (Å²) in [6.07, 6.45) is 4.78. The number of Topliss-reactive ketones (excluding diaryl/α,β-unsaturated/α-hetero) is 2. The number of nitro benzene ring substituents is 1. The zero-order valence-electron chi connectivity index (χ0n) is 14.7. The molecule has 0 amide bonds. The fourth-order valence-electron chi connectivity index (χ4n) is 3.75. The minimum Gasteiger partial charge on any atom is -0.371 e. The van der Waals surface area contributed by atoms with Crippen LogP contribution >= 0.6 is 0 Å². The van der Waals surface area contributed by atoms with E-state index < -0.39 is 4.92 Å². The molecule has 0 saturated carbocycles. The van der Waals surface area contributed by atoms with Gasteiger partial charge >= 0.3 is 0 Å². The van der Waals surface area contributed by atoms with E-state index in [0.29, 0.717) is 16.7 Å². The summed E-state index contributed by atoms with van der Waals surface area (Å²) in [5.41, 5.74) is 2.14. The Kier molecular flexibility index (Phi) is 4.32. The first-order valence-corrected chi connectivity index (χ1v) is 9.00. The number of carbonyl (C=O) groups excluding carboxylic acids is 2. The summed E-state index contributed by atoms with van der Waals surface area (Å²) in [7, 11) is 0. The largest absolute Gasteiger partial charge is 0.371 e. The van der Waals surface area contributed by atoms with E-state index >= 15 is 0 Å². The van der Waals surface area contributed by atoms with Gasteiger partial charge in [-0.1, -0.05) is 24.3 Å². The fourth-order valence-corrected chi connectivity index (χ4v) is 3.75. The molecule has 0 unspecified atom stereocenters. The molecule has 0 atom stereocenters. The lowest BCUT2D eigenvalue weighted by molar-refractivity contribution is -0.384. The number of allylic oxidation sites excluding steroid dienone is 1. The smallest absolute Gasteiger partial charge is 0.270 e. The van der Waals surface area contributed by atoms with Gasteiger partial charge in [-0.05, 0) is 31.4 Å². The SMILES string of the molecule is O=C1C(=Cc2cc([N+](=O)[O-])ccc2N2CCCCC2)C(=O)c2ccccc21. The van der Waals surface area contributed by atoms with Crippen molar-refractivity contribution in [2.75, 3.05) is 18.0 Å². The Morgan fingerprint density at radius 1 is 0.926 bits per heavy atom. The van der Waals surface area contributed by atoms with Gasteiger partial charge in [-0.25, -0.2) is 0 Å². The van der Waals surface area contributed by atoms with E-state index in [0.717, 1.165) is 38.0 Å². The Morgan fingerprint density at radius 2 is 1.56 bits per heavy atom. The Bertz CT molecular complexity index is 950. The first kappa shape index (κ1) is 17.1. The lowest BCUT2D eigenvalue weighted by Crippen LogP contribution is -2.30. The molecule has 2 aromatic rings. The number of rotatable bonds is 3. The number of nitro groups is 1. The van der Waals surface area contributed by atoms with Crippen LogP contribution in [0.15, 0.2) is 48.0 Å². The molecule has 1 aliphatic carbocycles. The minimum absolute atomic E-state index is 0.0574. The molecule has 27 heavy (non-hydrogen) atoms. The van der Waals surface area contributed by atoms with Gasteiger partial charge < -0.3 is 4.90 Å². The third kappa shape index (κ3) is 3.03. The van der Waals surface area contributed by atoms with Crippen LogP contribution in [0.3, 0.4) is 0 Å². The monoisotopic (exact) mass is 362 g/mol. The van der Waals surface area contributed by atoms with Crippen LogP contribution in [0.4, 0.5) is 11.4 Å². The molecular formula is C21H18N2O4. The Labute approximate surface area is 156 Å². The van der Waals surface area contributed by atoms with Crippen LogP contribution in [0.1, 0.15) is 45.5 Å². The van der Waals surface area contributed by atoms with Gasteiger partial charge in [0.25, 0.3) is 5.69 Å². The van der Waals surface area contributed by atoms with Gasteiger partial charge in [-0.3, -0.25) is 19.7 Å². The van der Waals surface area contributed by atoms with Gasteiger partial charge in [0.15, 0.2) is 11.6 Å². The molecule has 1 heterocycles. The fraction of sp³-hybridized carbons (Fsp3) is 0.238. The molecular weight excluding hydrogens is 344 g/mol. The topological polar surface area (TPSA) is 80.5 Å². The maximum absolute atomic E-state index is 12.7. The summed E-state index contributed by atoms with van der Waals surface area (Å²) in [6, 6.07) is 11.3. The lowest BCUT2D eigenvalue weighted by Gasteiger charge is -2.30. The molecule has 1 aliphatic heterocycles. The predicted molar refractivity (Wildman–Crippen MR) is 102 cm³/mol. The maximum atomic E-state index is 12.7. The second-order valence-electron chi connectivity index (χ2n) is 6.81. The molecule has 0 N–H and O–H groups in total. The third-order valence-corrected chi connectivity index (χ3v) is 5.12. The summed E-state index contributed by atoms with van der Waals surface area (Å²) >= 11 is 0. The summed E-state index contributed by atoms with van der Waals surface area (Å²) in [5, 5.41) is 11.2. The average molecular weight is 362 g/mol. The van der Waals surface area contributed by atoms with E-state index in [9.17, 15) is 19.7 Å². The quantitative estimate of drug-likeness (QED) is 0.356. The Hall–Kier alpha value is -3.28. The van der Waals surface area contributed by atoms with E-state index in [1.807, 2.05) is 0 Å². The van der Waals surface area contributed by atoms with Crippen molar-refractivity contribution < 1.29 is 14.5 Å². The van der Waals surface area contributed by atoms with E-state index in [2.05, 4.69) is 4.90 Å². The van der Waals surface area contributed by atoms with Crippen molar-refractivity contribution in [3.05, 3.63) is 74.8 Å². The van der Waals surface area contributed by atoms with Crippen LogP contribution in [0.2, 0.25) is 0 Å². The number of non-ortho nitro benzene ring substituents is 1. The first-order valence-electron chi connectivity index (χ1n) is 9.00. The molecule has 136 valence electrons. The van der Waals surface area contributed by atoms with Crippen molar-refractivity contribution in [3.8, 4) is 0 Å². The number of anilines is 1. The highest BCUT2D eigenvalue weighted by Crippen LogP contribution is 2.33. The van der Waals surface area contributed by atoms with Crippen molar-refractivity contribution in [3.63, 3.8) is 0 Å². The number of hydrogen-bond donors (Lipinski definition) is 0. The van der Waals surface area contributed by atoms with Crippen LogP contribution in [0.5, 0.6) is 0 Å². The Morgan fingerprint density at radius 3 is 2.15 bits per heavy atom. The van der Waals surface area contributed by atoms with Gasteiger partial charge in [0.2, 0.25) is 0 Å². The zero-order chi connectivity index (χ0) is 19.0. The van der Waals surface area contributed by atoms with E-state index in [1.54, 1.807) is 30.3 Å². The second kappa shape index (κ2) is 6.79. The molecule has 0 bridgehead atoms. The molecule has 4 rings (SSSR count). The van der Waals surface area contributed by atoms with Crippen LogP contribution in [-0.2, 0) is 0 Å². The summed E-state index contributed by atoms with van der Waals surface area (Å²) < 4.78 is 0. The van der Waals surface area contributed by atoms with Crippen LogP contribution in [0, 0.1) is 10.1 Å². The second-order valence-corrected chi connectivity index (χ2v) is 6.81. The summed E-state index contributed by atoms with van der Waals surface area (Å²) in [4.78, 5) is 38.3. The van der Waals surface area contributed by atoms with Crippen molar-refractivity contribution in [2.24, 2.45) is 0 Å². The van der Waals surface area contributed by atoms with Gasteiger partial charge in [0.1, 0.15) is 0 Å². The van der Waals surface area contributed by atoms with Crippen LogP contribution in [0.25, 0.3) is 6.08 Å². The molecule has 6 heteroatoms. The number of nitrogens with zero attached hydrogens (tertiary/aromatic N) is 2. The molecule has 1 fully saturated rings. The highest BCUT2D eigenvalue weighted by Gasteiger charge is 2.33. The van der Waals surface area contributed by atoms with Crippen LogP contribution in [-0.4, -0.2) is 29.6 Å². The van der Waals surface area contributed by atoms with Gasteiger partial charge in [-0.15, -0.1) is 0 Å². The van der Waals surface area contributed by atoms with Gasteiger partial charge in [0.05, 0.1) is 10.5 Å². The summed E-state index contributed by atoms with van der Waals surface area (Å²) in [5.74, 6) is -0.654. The van der Waals surface area contributed by atoms with Crippen LogP contribution < -0.4 is 4.90 Å². The lowest BCUT2D eigenvalue weighted by atomic mass is 10.0. The molecule has 0 radical (unpaired) electrons. The molecule has 1 saturated heterocycles. The molecule has 0 aromatic heterocycles. The summed E-state index contributed by atoms with van der Waals surface area (Å²) in [6.45, 7) is 1.71. The highest BCUT2D eigenvalue weighted by atomic mass is 16.6. The number of fused-ring (bicyclic) bond motifs is 1. The third-order valence-electron chi connectivity index (χ3n) is 5.12. The van der Waals surface area contributed by atoms with Crippen molar-refractivity contribution >= 4 is 29.0 Å². The molecule has 2 aliphatic rings. The maximum Gasteiger partial charge on any atom is 0.270 e. The Balaban J connectivity index is 1.81. The predicted octanol–water partition coefficient (Wildman–Crippen LogP) is 4.05. The first-order chi connectivity index (χ1) is 13.1. The van der Waals surface area contributed by atoms with Crippen molar-refractivity contribution in [1.82, 2.24) is 0 Å². The number of piperidine rings is 1. The van der Waals surface area contributed by atoms with E-state index in [4.69, 9.17) is 0 Å². The van der Waals surface area contributed by atoms with Crippen molar-refractivity contribution in [1.29, 1.82) is 0 Å². The molecule has 2 aromatic carbocycles. The average Bonchev–Trinajstić information content (AvgIpc) is 2.94. The van der Waals surface area contributed by atoms with E-state index in [1.165, 1.54) is 18.2 Å². The van der Waals surface area contributed by atoms with Crippen molar-refractivity contribution in [2.45, 2.75) is 19.3 Å². The number of carbonyl (C=O) groups is 2. The number of ketones is 2. The zero-order valence-corrected chi connectivity index (χ0v) is 14.7. The normalized spacial score (nSPS) is 16.4. The molecule has 6 nitrogen and oxygen atoms in total. The number of hydrogen-bond acceptors (Lipinski definition) is 5. The standard InChI is InChI=1S/C21H18N2O4/c24-20-16-6-2-3-7-17(16)21(25)18(20)13-14-12-15(23(26)27)8-9-19(14)22-10-4-1-5-11-22/h2-3,6-9,12-13H,1,4-5,10-11H2. The van der Waals surface area contributed by atoms with Gasteiger partial charge in [0, 0.05) is 47.6 Å². The molecule has 0 spiro atoms. The minimum atomic E-state index is -0.463.